The average molecular weight is 363 g/mol. The summed E-state index contributed by atoms with van der Waals surface area (Å²) in [5.41, 5.74) is 6.23. The molecule has 1 saturated heterocycles. The molecule has 1 heterocycles. The van der Waals surface area contributed by atoms with E-state index in [9.17, 15) is 4.79 Å². The van der Waals surface area contributed by atoms with E-state index in [1.165, 1.54) is 0 Å². The predicted molar refractivity (Wildman–Crippen MR) is 93.7 cm³/mol. The monoisotopic (exact) mass is 362 g/mol. The summed E-state index contributed by atoms with van der Waals surface area (Å²) in [6.07, 6.45) is 0.933. The van der Waals surface area contributed by atoms with Crippen LogP contribution in [-0.2, 0) is 4.74 Å². The van der Waals surface area contributed by atoms with Gasteiger partial charge >= 0.3 is 0 Å². The van der Waals surface area contributed by atoms with Crippen molar-refractivity contribution in [2.45, 2.75) is 19.4 Å². The minimum Gasteiger partial charge on any atom is -0.490 e. The molecule has 0 aromatic heterocycles. The van der Waals surface area contributed by atoms with E-state index in [4.69, 9.17) is 26.8 Å². The number of benzene rings is 1. The number of hydrogen-bond acceptors (Lipinski definition) is 4. The highest BCUT2D eigenvalue weighted by Crippen LogP contribution is 2.29. The van der Waals surface area contributed by atoms with Crippen LogP contribution >= 0.6 is 24.0 Å². The molecule has 130 valence electrons. The standard InChI is InChI=1S/C16H23ClN2O3.ClH/c1-11-7-12(9-18)10-19(11)16(20)14-8-13(17)3-4-15(14)22-6-5-21-2;/h3-4,8,11-12H,5-7,9-10,18H2,1-2H3;1H. The first-order valence-corrected chi connectivity index (χ1v) is 7.87. The zero-order valence-electron chi connectivity index (χ0n) is 13.5. The van der Waals surface area contributed by atoms with Crippen molar-refractivity contribution in [3.05, 3.63) is 28.8 Å². The second kappa shape index (κ2) is 9.33. The summed E-state index contributed by atoms with van der Waals surface area (Å²) in [6, 6.07) is 5.28. The highest BCUT2D eigenvalue weighted by molar-refractivity contribution is 6.31. The summed E-state index contributed by atoms with van der Waals surface area (Å²) in [7, 11) is 1.61. The summed E-state index contributed by atoms with van der Waals surface area (Å²) < 4.78 is 10.6. The summed E-state index contributed by atoms with van der Waals surface area (Å²) in [6.45, 7) is 4.18. The van der Waals surface area contributed by atoms with Crippen molar-refractivity contribution in [3.8, 4) is 5.75 Å². The summed E-state index contributed by atoms with van der Waals surface area (Å²) in [4.78, 5) is 14.7. The molecule has 5 nitrogen and oxygen atoms in total. The average Bonchev–Trinajstić information content (AvgIpc) is 2.89. The Kier molecular flexibility index (Phi) is 8.12. The Labute approximate surface area is 148 Å². The van der Waals surface area contributed by atoms with E-state index in [-0.39, 0.29) is 24.4 Å². The summed E-state index contributed by atoms with van der Waals surface area (Å²) >= 11 is 6.05. The molecule has 1 aromatic carbocycles. The molecular formula is C16H24Cl2N2O3. The van der Waals surface area contributed by atoms with E-state index in [0.717, 1.165) is 6.42 Å². The Morgan fingerprint density at radius 2 is 2.17 bits per heavy atom. The molecule has 0 aliphatic carbocycles. The number of nitrogens with zero attached hydrogens (tertiary/aromatic N) is 1. The lowest BCUT2D eigenvalue weighted by molar-refractivity contribution is 0.0736. The smallest absolute Gasteiger partial charge is 0.257 e. The van der Waals surface area contributed by atoms with E-state index in [0.29, 0.717) is 48.6 Å². The molecule has 2 atom stereocenters. The Morgan fingerprint density at radius 1 is 1.43 bits per heavy atom. The van der Waals surface area contributed by atoms with E-state index in [1.54, 1.807) is 25.3 Å². The van der Waals surface area contributed by atoms with Crippen molar-refractivity contribution in [3.63, 3.8) is 0 Å². The van der Waals surface area contributed by atoms with Gasteiger partial charge in [-0.15, -0.1) is 12.4 Å². The van der Waals surface area contributed by atoms with Crippen molar-refractivity contribution < 1.29 is 14.3 Å². The molecule has 1 aliphatic rings. The molecule has 2 unspecified atom stereocenters. The fourth-order valence-electron chi connectivity index (χ4n) is 2.78. The lowest BCUT2D eigenvalue weighted by atomic mass is 10.1. The van der Waals surface area contributed by atoms with Crippen LogP contribution in [-0.4, -0.2) is 50.3 Å². The lowest BCUT2D eigenvalue weighted by Crippen LogP contribution is -2.34. The number of rotatable bonds is 6. The van der Waals surface area contributed by atoms with E-state index < -0.39 is 0 Å². The Morgan fingerprint density at radius 3 is 2.78 bits per heavy atom. The van der Waals surface area contributed by atoms with Gasteiger partial charge in [0, 0.05) is 24.7 Å². The second-order valence-electron chi connectivity index (χ2n) is 5.63. The van der Waals surface area contributed by atoms with Gasteiger partial charge in [-0.25, -0.2) is 0 Å². The van der Waals surface area contributed by atoms with Gasteiger partial charge in [0.25, 0.3) is 5.91 Å². The number of nitrogens with two attached hydrogens (primary N) is 1. The van der Waals surface area contributed by atoms with Crippen molar-refractivity contribution in [2.75, 3.05) is 33.4 Å². The minimum absolute atomic E-state index is 0. The van der Waals surface area contributed by atoms with Crippen molar-refractivity contribution in [1.29, 1.82) is 0 Å². The Bertz CT molecular complexity index is 528. The van der Waals surface area contributed by atoms with Crippen LogP contribution in [0.2, 0.25) is 5.02 Å². The van der Waals surface area contributed by atoms with Gasteiger partial charge in [0.2, 0.25) is 0 Å². The van der Waals surface area contributed by atoms with E-state index in [2.05, 4.69) is 0 Å². The third-order valence-electron chi connectivity index (χ3n) is 3.97. The Hall–Kier alpha value is -1.01. The minimum atomic E-state index is -0.0571. The predicted octanol–water partition coefficient (Wildman–Crippen LogP) is 2.60. The zero-order chi connectivity index (χ0) is 16.1. The number of methoxy groups -OCH3 is 1. The van der Waals surface area contributed by atoms with Crippen molar-refractivity contribution >= 4 is 29.9 Å². The van der Waals surface area contributed by atoms with Gasteiger partial charge in [0.15, 0.2) is 0 Å². The molecule has 0 bridgehead atoms. The first-order valence-electron chi connectivity index (χ1n) is 7.49. The first kappa shape index (κ1) is 20.0. The number of carbonyl (C=O) groups is 1. The Balaban J connectivity index is 0.00000264. The van der Waals surface area contributed by atoms with Crippen LogP contribution in [0.3, 0.4) is 0 Å². The largest absolute Gasteiger partial charge is 0.490 e. The SMILES string of the molecule is COCCOc1ccc(Cl)cc1C(=O)N1CC(CN)CC1C.Cl. The number of likely N-dealkylation sites (tertiary alicyclic amines) is 1. The number of hydrogen-bond donors (Lipinski definition) is 1. The summed E-state index contributed by atoms with van der Waals surface area (Å²) in [5, 5.41) is 0.518. The highest BCUT2D eigenvalue weighted by Gasteiger charge is 2.33. The fraction of sp³-hybridized carbons (Fsp3) is 0.562. The van der Waals surface area contributed by atoms with E-state index >= 15 is 0 Å². The lowest BCUT2D eigenvalue weighted by Gasteiger charge is -2.23. The maximum absolute atomic E-state index is 12.8. The van der Waals surface area contributed by atoms with Crippen molar-refractivity contribution in [1.82, 2.24) is 4.90 Å². The fourth-order valence-corrected chi connectivity index (χ4v) is 2.95. The molecule has 1 aliphatic heterocycles. The van der Waals surface area contributed by atoms with Crippen LogP contribution in [0.15, 0.2) is 18.2 Å². The van der Waals surface area contributed by atoms with Gasteiger partial charge in [-0.2, -0.15) is 0 Å². The van der Waals surface area contributed by atoms with Crippen LogP contribution in [0.1, 0.15) is 23.7 Å². The van der Waals surface area contributed by atoms with Crippen LogP contribution in [0.5, 0.6) is 5.75 Å². The molecule has 0 spiro atoms. The summed E-state index contributed by atoms with van der Waals surface area (Å²) in [5.74, 6) is 0.837. The molecule has 0 saturated carbocycles. The number of amides is 1. The molecular weight excluding hydrogens is 339 g/mol. The third kappa shape index (κ3) is 4.98. The van der Waals surface area contributed by atoms with Gasteiger partial charge in [-0.1, -0.05) is 11.6 Å². The maximum atomic E-state index is 12.8. The van der Waals surface area contributed by atoms with Gasteiger partial charge in [0.1, 0.15) is 12.4 Å². The van der Waals surface area contributed by atoms with Crippen LogP contribution in [0.4, 0.5) is 0 Å². The van der Waals surface area contributed by atoms with Crippen molar-refractivity contribution in [2.24, 2.45) is 11.7 Å². The van der Waals surface area contributed by atoms with E-state index in [1.807, 2.05) is 11.8 Å². The van der Waals surface area contributed by atoms with Crippen LogP contribution in [0.25, 0.3) is 0 Å². The first-order chi connectivity index (χ1) is 10.6. The molecule has 0 radical (unpaired) electrons. The third-order valence-corrected chi connectivity index (χ3v) is 4.21. The quantitative estimate of drug-likeness (QED) is 0.789. The maximum Gasteiger partial charge on any atom is 0.257 e. The van der Waals surface area contributed by atoms with Crippen LogP contribution in [0, 0.1) is 5.92 Å². The highest BCUT2D eigenvalue weighted by atomic mass is 35.5. The number of ether oxygens (including phenoxy) is 2. The van der Waals surface area contributed by atoms with Gasteiger partial charge in [-0.05, 0) is 44.0 Å². The van der Waals surface area contributed by atoms with Gasteiger partial charge in [0.05, 0.1) is 12.2 Å². The molecule has 7 heteroatoms. The normalized spacial score (nSPS) is 20.3. The molecule has 1 aromatic rings. The van der Waals surface area contributed by atoms with Gasteiger partial charge < -0.3 is 20.1 Å². The van der Waals surface area contributed by atoms with Gasteiger partial charge in [-0.3, -0.25) is 4.79 Å². The number of halogens is 2. The molecule has 1 amide bonds. The molecule has 23 heavy (non-hydrogen) atoms. The second-order valence-corrected chi connectivity index (χ2v) is 6.06. The molecule has 2 N–H and O–H groups in total. The zero-order valence-corrected chi connectivity index (χ0v) is 15.0. The molecule has 1 fully saturated rings. The van der Waals surface area contributed by atoms with Crippen LogP contribution < -0.4 is 10.5 Å². The number of carbonyl (C=O) groups excluding carboxylic acids is 1. The topological polar surface area (TPSA) is 64.8 Å². The molecule has 2 rings (SSSR count).